The van der Waals surface area contributed by atoms with Crippen molar-refractivity contribution in [3.8, 4) is 23.0 Å². The third-order valence-corrected chi connectivity index (χ3v) is 6.16. The predicted octanol–water partition coefficient (Wildman–Crippen LogP) is 1.52. The molecule has 1 aliphatic heterocycles. The van der Waals surface area contributed by atoms with Crippen LogP contribution in [0.1, 0.15) is 39.4 Å². The van der Waals surface area contributed by atoms with E-state index in [1.54, 1.807) is 0 Å². The van der Waals surface area contributed by atoms with Crippen molar-refractivity contribution in [3.05, 3.63) is 59.0 Å². The molecular formula is C25H26FN4O9P-2. The van der Waals surface area contributed by atoms with Gasteiger partial charge in [0.05, 0.1) is 43.8 Å². The van der Waals surface area contributed by atoms with E-state index in [0.29, 0.717) is 0 Å². The zero-order chi connectivity index (χ0) is 31.0. The number of phosphoric ester groups is 1. The third kappa shape index (κ3) is 6.31. The Morgan fingerprint density at radius 3 is 2.38 bits per heavy atom. The molecule has 214 valence electrons. The number of phosphoric acid groups is 1. The van der Waals surface area contributed by atoms with Gasteiger partial charge in [0.2, 0.25) is 5.75 Å². The van der Waals surface area contributed by atoms with E-state index in [4.69, 9.17) is 21.7 Å². The molecular weight excluding hydrogens is 550 g/mol. The van der Waals surface area contributed by atoms with Gasteiger partial charge in [-0.3, -0.25) is 9.69 Å². The van der Waals surface area contributed by atoms with Gasteiger partial charge >= 0.3 is 0 Å². The van der Waals surface area contributed by atoms with Crippen LogP contribution in [-0.4, -0.2) is 54.5 Å². The highest BCUT2D eigenvalue weighted by atomic mass is 31.2. The number of nitrogens with zero attached hydrogens (tertiary/aromatic N) is 4. The van der Waals surface area contributed by atoms with Gasteiger partial charge in [0, 0.05) is 18.5 Å². The summed E-state index contributed by atoms with van der Waals surface area (Å²) in [6.07, 6.45) is 0.599. The molecule has 1 amide bonds. The lowest BCUT2D eigenvalue weighted by molar-refractivity contribution is -0.341. The fourth-order valence-corrected chi connectivity index (χ4v) is 4.16. The largest absolute Gasteiger partial charge is 0.790 e. The average molecular weight is 578 g/mol. The molecule has 3 aromatic rings. The van der Waals surface area contributed by atoms with Gasteiger partial charge < -0.3 is 37.8 Å². The van der Waals surface area contributed by atoms with Gasteiger partial charge in [0.15, 0.2) is 34.5 Å². The Bertz CT molecular complexity index is 1560. The lowest BCUT2D eigenvalue weighted by atomic mass is 10.1. The van der Waals surface area contributed by atoms with Crippen molar-refractivity contribution < 1.29 is 49.7 Å². The van der Waals surface area contributed by atoms with Crippen molar-refractivity contribution in [1.29, 1.82) is 0 Å². The summed E-state index contributed by atoms with van der Waals surface area (Å²) in [7, 11) is -1.39. The third-order valence-electron chi connectivity index (χ3n) is 5.73. The van der Waals surface area contributed by atoms with Crippen LogP contribution in [0.25, 0.3) is 0 Å². The van der Waals surface area contributed by atoms with Crippen LogP contribution in [0.4, 0.5) is 10.2 Å². The van der Waals surface area contributed by atoms with E-state index in [1.165, 1.54) is 47.3 Å². The molecule has 0 radical (unpaired) electrons. The van der Waals surface area contributed by atoms with Crippen molar-refractivity contribution in [3.63, 3.8) is 0 Å². The summed E-state index contributed by atoms with van der Waals surface area (Å²) in [5, 5.41) is 0. The maximum absolute atomic E-state index is 14.8. The van der Waals surface area contributed by atoms with Gasteiger partial charge in [-0.25, -0.2) is 19.3 Å². The van der Waals surface area contributed by atoms with E-state index < -0.39 is 31.9 Å². The molecule has 0 aliphatic carbocycles. The highest BCUT2D eigenvalue weighted by Gasteiger charge is 2.42. The Kier molecular flexibility index (Phi) is 7.48. The first-order chi connectivity index (χ1) is 19.7. The van der Waals surface area contributed by atoms with Crippen LogP contribution in [0.2, 0.25) is 0 Å². The summed E-state index contributed by atoms with van der Waals surface area (Å²) in [5.41, 5.74) is -1.14. The van der Waals surface area contributed by atoms with E-state index >= 15 is 0 Å². The molecule has 40 heavy (non-hydrogen) atoms. The van der Waals surface area contributed by atoms with Crippen LogP contribution in [0.5, 0.6) is 23.0 Å². The van der Waals surface area contributed by atoms with Gasteiger partial charge in [0.1, 0.15) is 12.6 Å². The summed E-state index contributed by atoms with van der Waals surface area (Å²) < 4.78 is 68.8. The summed E-state index contributed by atoms with van der Waals surface area (Å²) >= 11 is 0. The SMILES string of the molecule is [2H]c1c(Cc2ncc(F)c(Cc3ccc4c(n3)N(COP(=O)([O-])[O-])C(=O)C(C)(C)O4)n2)c([2H])c(OC)c(OC)c1OC. The first kappa shape index (κ1) is 26.4. The van der Waals surface area contributed by atoms with Crippen LogP contribution in [0, 0.1) is 5.82 Å². The molecule has 15 heteroatoms. The molecule has 13 nitrogen and oxygen atoms in total. The summed E-state index contributed by atoms with van der Waals surface area (Å²) in [5.74, 6) is -1.27. The van der Waals surface area contributed by atoms with Crippen LogP contribution in [0.15, 0.2) is 30.4 Å². The fraction of sp³-hybridized carbons (Fsp3) is 0.360. The van der Waals surface area contributed by atoms with Crippen molar-refractivity contribution in [2.75, 3.05) is 33.0 Å². The standard InChI is InChI=1S/C25H28FN4O9P/c1-25(2)24(31)30(13-38-40(32,33)34)23-18(39-25)7-6-15(28-23)11-17-16(26)12-27-21(29-17)10-14-8-19(35-3)22(37-5)20(9-14)36-4/h6-9,12H,10-11,13H2,1-5H3,(H2,32,33,34)/p-2/i8D,9D. The van der Waals surface area contributed by atoms with Crippen molar-refractivity contribution in [1.82, 2.24) is 15.0 Å². The maximum Gasteiger partial charge on any atom is 0.273 e. The lowest BCUT2D eigenvalue weighted by Gasteiger charge is -2.39. The van der Waals surface area contributed by atoms with E-state index in [2.05, 4.69) is 19.5 Å². The minimum Gasteiger partial charge on any atom is -0.790 e. The zero-order valence-corrected chi connectivity index (χ0v) is 23.0. The number of pyridine rings is 1. The zero-order valence-electron chi connectivity index (χ0n) is 24.1. The van der Waals surface area contributed by atoms with Crippen molar-refractivity contribution in [2.45, 2.75) is 32.3 Å². The number of rotatable bonds is 10. The van der Waals surface area contributed by atoms with Gasteiger partial charge in [0.25, 0.3) is 5.91 Å². The molecule has 0 spiro atoms. The number of methoxy groups -OCH3 is 3. The molecule has 0 unspecified atom stereocenters. The second-order valence-corrected chi connectivity index (χ2v) is 10.1. The number of hydrogen-bond donors (Lipinski definition) is 0. The van der Waals surface area contributed by atoms with E-state index in [9.17, 15) is 23.5 Å². The second kappa shape index (κ2) is 11.3. The molecule has 3 heterocycles. The maximum atomic E-state index is 14.8. The highest BCUT2D eigenvalue weighted by molar-refractivity contribution is 7.43. The minimum atomic E-state index is -5.42. The molecule has 0 bridgehead atoms. The molecule has 1 aliphatic rings. The number of amides is 1. The van der Waals surface area contributed by atoms with Crippen LogP contribution in [0.3, 0.4) is 0 Å². The highest BCUT2D eigenvalue weighted by Crippen LogP contribution is 2.39. The van der Waals surface area contributed by atoms with Crippen molar-refractivity contribution >= 4 is 19.5 Å². The number of carbonyl (C=O) groups is 1. The predicted molar refractivity (Wildman–Crippen MR) is 134 cm³/mol. The Labute approximate surface area is 231 Å². The number of benzene rings is 1. The molecule has 0 fully saturated rings. The van der Waals surface area contributed by atoms with Gasteiger partial charge in [-0.05, 0) is 43.6 Å². The molecule has 0 atom stereocenters. The quantitative estimate of drug-likeness (QED) is 0.319. The number of carbonyl (C=O) groups excluding carboxylic acids is 1. The summed E-state index contributed by atoms with van der Waals surface area (Å²) in [6, 6.07) is 2.66. The Hall–Kier alpha value is -3.84. The average Bonchev–Trinajstić information content (AvgIpc) is 2.92. The molecule has 0 saturated heterocycles. The first-order valence-electron chi connectivity index (χ1n) is 12.7. The first-order valence-corrected chi connectivity index (χ1v) is 13.1. The number of ether oxygens (including phenoxy) is 4. The topological polar surface area (TPSA) is 168 Å². The smallest absolute Gasteiger partial charge is 0.273 e. The lowest BCUT2D eigenvalue weighted by Crippen LogP contribution is -2.53. The molecule has 0 N–H and O–H groups in total. The molecule has 1 aromatic carbocycles. The molecule has 2 aromatic heterocycles. The van der Waals surface area contributed by atoms with Crippen LogP contribution in [-0.2, 0) is 26.7 Å². The monoisotopic (exact) mass is 578 g/mol. The number of halogens is 1. The van der Waals surface area contributed by atoms with Crippen LogP contribution >= 0.6 is 7.82 Å². The molecule has 4 rings (SSSR count). The fourth-order valence-electron chi connectivity index (χ4n) is 3.90. The number of anilines is 1. The van der Waals surface area contributed by atoms with Gasteiger partial charge in [-0.2, -0.15) is 0 Å². The Balaban J connectivity index is 1.68. The normalized spacial score (nSPS) is 15.1. The number of hydrogen-bond acceptors (Lipinski definition) is 12. The number of fused-ring (bicyclic) bond motifs is 1. The minimum absolute atomic E-state index is 0.0414. The summed E-state index contributed by atoms with van der Waals surface area (Å²) in [6.45, 7) is 1.97. The molecule has 0 saturated carbocycles. The summed E-state index contributed by atoms with van der Waals surface area (Å²) in [4.78, 5) is 48.5. The number of aromatic nitrogens is 3. The van der Waals surface area contributed by atoms with Crippen LogP contribution < -0.4 is 33.6 Å². The van der Waals surface area contributed by atoms with Crippen molar-refractivity contribution in [2.24, 2.45) is 0 Å². The second-order valence-electron chi connectivity index (χ2n) is 8.94. The van der Waals surface area contributed by atoms with Gasteiger partial charge in [-0.15, -0.1) is 0 Å². The Morgan fingerprint density at radius 2 is 1.77 bits per heavy atom. The Morgan fingerprint density at radius 1 is 1.10 bits per heavy atom. The van der Waals surface area contributed by atoms with E-state index in [-0.39, 0.29) is 76.5 Å². The van der Waals surface area contributed by atoms with E-state index in [0.717, 1.165) is 11.1 Å². The van der Waals surface area contributed by atoms with E-state index in [1.807, 2.05) is 0 Å². The van der Waals surface area contributed by atoms with Gasteiger partial charge in [-0.1, -0.05) is 0 Å².